The lowest BCUT2D eigenvalue weighted by molar-refractivity contribution is 0.216. The third kappa shape index (κ3) is 4.57. The van der Waals surface area contributed by atoms with Crippen LogP contribution in [0.2, 0.25) is 5.02 Å². The van der Waals surface area contributed by atoms with Gasteiger partial charge in [0.15, 0.2) is 11.9 Å². The van der Waals surface area contributed by atoms with Gasteiger partial charge in [0.25, 0.3) is 10.0 Å². The molecule has 0 aliphatic carbocycles. The Bertz CT molecular complexity index is 1100. The van der Waals surface area contributed by atoms with Gasteiger partial charge >= 0.3 is 0 Å². The van der Waals surface area contributed by atoms with E-state index < -0.39 is 27.8 Å². The van der Waals surface area contributed by atoms with Crippen LogP contribution in [0, 0.1) is 18.6 Å². The van der Waals surface area contributed by atoms with Gasteiger partial charge in [-0.2, -0.15) is 9.36 Å². The zero-order chi connectivity index (χ0) is 20.5. The van der Waals surface area contributed by atoms with Crippen molar-refractivity contribution in [2.75, 3.05) is 4.72 Å². The molecule has 0 fully saturated rings. The lowest BCUT2D eigenvalue weighted by Gasteiger charge is -2.11. The summed E-state index contributed by atoms with van der Waals surface area (Å²) < 4.78 is 63.5. The van der Waals surface area contributed by atoms with Crippen molar-refractivity contribution in [1.82, 2.24) is 9.36 Å². The lowest BCUT2D eigenvalue weighted by atomic mass is 10.2. The number of aromatic nitrogens is 2. The van der Waals surface area contributed by atoms with Gasteiger partial charge in [-0.25, -0.2) is 17.2 Å². The molecule has 148 valence electrons. The first kappa shape index (κ1) is 20.4. The minimum atomic E-state index is -3.92. The van der Waals surface area contributed by atoms with E-state index in [-0.39, 0.29) is 21.6 Å². The van der Waals surface area contributed by atoms with E-state index in [0.717, 1.165) is 29.7 Å². The second-order valence-electron chi connectivity index (χ2n) is 5.79. The van der Waals surface area contributed by atoms with Crippen LogP contribution in [0.1, 0.15) is 24.4 Å². The number of hydrogen-bond donors (Lipinski definition) is 1. The quantitative estimate of drug-likeness (QED) is 0.593. The molecule has 1 N–H and O–H groups in total. The van der Waals surface area contributed by atoms with Crippen molar-refractivity contribution in [3.63, 3.8) is 0 Å². The average molecular weight is 446 g/mol. The second-order valence-corrected chi connectivity index (χ2v) is 8.60. The molecule has 1 aromatic heterocycles. The fraction of sp³-hybridized carbons (Fsp3) is 0.176. The van der Waals surface area contributed by atoms with Crippen molar-refractivity contribution in [2.45, 2.75) is 24.8 Å². The van der Waals surface area contributed by atoms with Gasteiger partial charge in [-0.15, -0.1) is 0 Å². The van der Waals surface area contributed by atoms with Crippen molar-refractivity contribution in [2.24, 2.45) is 0 Å². The van der Waals surface area contributed by atoms with E-state index in [1.54, 1.807) is 19.9 Å². The molecule has 3 aromatic rings. The first-order chi connectivity index (χ1) is 13.2. The smallest absolute Gasteiger partial charge is 0.264 e. The number of benzene rings is 2. The molecule has 0 unspecified atom stereocenters. The number of sulfonamides is 1. The van der Waals surface area contributed by atoms with Crippen LogP contribution in [-0.4, -0.2) is 17.8 Å². The van der Waals surface area contributed by atoms with Crippen molar-refractivity contribution in [3.05, 3.63) is 64.4 Å². The fourth-order valence-electron chi connectivity index (χ4n) is 2.34. The number of nitrogens with one attached hydrogen (secondary N) is 1. The van der Waals surface area contributed by atoms with E-state index in [1.807, 2.05) is 0 Å². The largest absolute Gasteiger partial charge is 0.482 e. The molecule has 0 spiro atoms. The Hall–Kier alpha value is -2.30. The van der Waals surface area contributed by atoms with Crippen LogP contribution in [0.25, 0.3) is 0 Å². The highest BCUT2D eigenvalue weighted by Crippen LogP contribution is 2.27. The predicted octanol–water partition coefficient (Wildman–Crippen LogP) is 4.72. The van der Waals surface area contributed by atoms with E-state index in [1.165, 1.54) is 12.1 Å². The van der Waals surface area contributed by atoms with Crippen LogP contribution in [0.3, 0.4) is 0 Å². The summed E-state index contributed by atoms with van der Waals surface area (Å²) in [5.74, 6) is -1.43. The molecular weight excluding hydrogens is 432 g/mol. The van der Waals surface area contributed by atoms with E-state index in [9.17, 15) is 17.2 Å². The summed E-state index contributed by atoms with van der Waals surface area (Å²) in [6.45, 7) is 3.17. The molecular formula is C17H14ClF2N3O3S2. The Morgan fingerprint density at radius 1 is 1.21 bits per heavy atom. The van der Waals surface area contributed by atoms with E-state index in [0.29, 0.717) is 10.6 Å². The van der Waals surface area contributed by atoms with E-state index in [4.69, 9.17) is 16.3 Å². The number of rotatable bonds is 6. The molecule has 0 aliphatic heterocycles. The molecule has 1 heterocycles. The van der Waals surface area contributed by atoms with Crippen LogP contribution < -0.4 is 9.46 Å². The first-order valence-electron chi connectivity index (χ1n) is 7.90. The Labute approximate surface area is 169 Å². The van der Waals surface area contributed by atoms with Gasteiger partial charge in [0.05, 0.1) is 4.90 Å². The Morgan fingerprint density at radius 2 is 1.89 bits per heavy atom. The minimum Gasteiger partial charge on any atom is -0.482 e. The zero-order valence-electron chi connectivity index (χ0n) is 14.6. The van der Waals surface area contributed by atoms with Gasteiger partial charge in [-0.3, -0.25) is 4.72 Å². The molecule has 28 heavy (non-hydrogen) atoms. The highest BCUT2D eigenvalue weighted by molar-refractivity contribution is 7.93. The SMILES string of the molecule is Cc1c(Cl)cccc1S(=O)(=O)Nc1nc([C@@H](C)Oc2cc(F)cc(F)c2)ns1. The number of anilines is 1. The van der Waals surface area contributed by atoms with E-state index in [2.05, 4.69) is 14.1 Å². The second kappa shape index (κ2) is 7.98. The van der Waals surface area contributed by atoms with Gasteiger partial charge in [-0.05, 0) is 31.5 Å². The Balaban J connectivity index is 1.77. The summed E-state index contributed by atoms with van der Waals surface area (Å²) in [6.07, 6.45) is -0.761. The van der Waals surface area contributed by atoms with Crippen LogP contribution in [-0.2, 0) is 10.0 Å². The molecule has 3 rings (SSSR count). The summed E-state index contributed by atoms with van der Waals surface area (Å²) in [6, 6.07) is 7.32. The van der Waals surface area contributed by atoms with Gasteiger partial charge in [0, 0.05) is 34.8 Å². The topological polar surface area (TPSA) is 81.2 Å². The molecule has 0 bridgehead atoms. The molecule has 11 heteroatoms. The summed E-state index contributed by atoms with van der Waals surface area (Å²) in [7, 11) is -3.92. The van der Waals surface area contributed by atoms with Crippen molar-refractivity contribution in [3.8, 4) is 5.75 Å². The Kier molecular flexibility index (Phi) is 5.82. The van der Waals surface area contributed by atoms with Crippen LogP contribution >= 0.6 is 23.1 Å². The summed E-state index contributed by atoms with van der Waals surface area (Å²) in [4.78, 5) is 4.11. The van der Waals surface area contributed by atoms with Crippen molar-refractivity contribution < 1.29 is 21.9 Å². The third-order valence-corrected chi connectivity index (χ3v) is 6.35. The lowest BCUT2D eigenvalue weighted by Crippen LogP contribution is -2.14. The molecule has 0 radical (unpaired) electrons. The number of nitrogens with zero attached hydrogens (tertiary/aromatic N) is 2. The molecule has 6 nitrogen and oxygen atoms in total. The highest BCUT2D eigenvalue weighted by Gasteiger charge is 2.22. The molecule has 0 aliphatic rings. The predicted molar refractivity (Wildman–Crippen MR) is 102 cm³/mol. The van der Waals surface area contributed by atoms with Crippen LogP contribution in [0.15, 0.2) is 41.3 Å². The van der Waals surface area contributed by atoms with Crippen molar-refractivity contribution >= 4 is 38.3 Å². The van der Waals surface area contributed by atoms with Crippen molar-refractivity contribution in [1.29, 1.82) is 0 Å². The third-order valence-electron chi connectivity index (χ3n) is 3.68. The van der Waals surface area contributed by atoms with Gasteiger partial charge in [-0.1, -0.05) is 17.7 Å². The maximum Gasteiger partial charge on any atom is 0.264 e. The van der Waals surface area contributed by atoms with Gasteiger partial charge in [0.2, 0.25) is 5.13 Å². The number of halogens is 3. The van der Waals surface area contributed by atoms with Gasteiger partial charge in [0.1, 0.15) is 17.4 Å². The highest BCUT2D eigenvalue weighted by atomic mass is 35.5. The Morgan fingerprint density at radius 3 is 2.57 bits per heavy atom. The number of ether oxygens (including phenoxy) is 1. The van der Waals surface area contributed by atoms with Crippen LogP contribution in [0.5, 0.6) is 5.75 Å². The maximum absolute atomic E-state index is 13.3. The molecule has 0 amide bonds. The molecule has 0 saturated heterocycles. The molecule has 2 aromatic carbocycles. The monoisotopic (exact) mass is 445 g/mol. The van der Waals surface area contributed by atoms with E-state index >= 15 is 0 Å². The standard InChI is InChI=1S/C17H14ClF2N3O3S2/c1-9-14(18)4-3-5-15(9)28(24,25)23-17-21-16(22-27-17)10(2)26-13-7-11(19)6-12(20)8-13/h3-8,10H,1-2H3,(H,21,22,23)/t10-/m1/s1. The average Bonchev–Trinajstić information content (AvgIpc) is 3.04. The molecule has 0 saturated carbocycles. The summed E-state index contributed by atoms with van der Waals surface area (Å²) >= 11 is 6.79. The fourth-order valence-corrected chi connectivity index (χ4v) is 4.71. The summed E-state index contributed by atoms with van der Waals surface area (Å²) in [5, 5.41) is 0.348. The summed E-state index contributed by atoms with van der Waals surface area (Å²) in [5.41, 5.74) is 0.409. The minimum absolute atomic E-state index is 0.0234. The number of hydrogen-bond acceptors (Lipinski definition) is 6. The first-order valence-corrected chi connectivity index (χ1v) is 10.5. The maximum atomic E-state index is 13.3. The molecule has 1 atom stereocenters. The zero-order valence-corrected chi connectivity index (χ0v) is 17.0. The van der Waals surface area contributed by atoms with Gasteiger partial charge < -0.3 is 4.74 Å². The van der Waals surface area contributed by atoms with Crippen LogP contribution in [0.4, 0.5) is 13.9 Å². The normalized spacial score (nSPS) is 12.6.